The molecule has 0 radical (unpaired) electrons. The van der Waals surface area contributed by atoms with Gasteiger partial charge in [-0.15, -0.1) is 0 Å². The summed E-state index contributed by atoms with van der Waals surface area (Å²) in [5, 5.41) is 12.7. The Kier molecular flexibility index (Phi) is 6.66. The Labute approximate surface area is 193 Å². The molecule has 0 spiro atoms. The Bertz CT molecular complexity index is 1070. The van der Waals surface area contributed by atoms with Crippen LogP contribution in [0.15, 0.2) is 48.5 Å². The summed E-state index contributed by atoms with van der Waals surface area (Å²) in [5.41, 5.74) is 2.40. The molecule has 2 aromatic rings. The van der Waals surface area contributed by atoms with Gasteiger partial charge in [0.05, 0.1) is 18.7 Å². The minimum atomic E-state index is -0.406. The van der Waals surface area contributed by atoms with Crippen molar-refractivity contribution < 1.29 is 19.1 Å². The van der Waals surface area contributed by atoms with E-state index in [9.17, 15) is 19.1 Å². The van der Waals surface area contributed by atoms with Crippen molar-refractivity contribution in [1.82, 2.24) is 9.80 Å². The van der Waals surface area contributed by atoms with Crippen molar-refractivity contribution in [3.05, 3.63) is 65.5 Å². The van der Waals surface area contributed by atoms with Gasteiger partial charge in [0.2, 0.25) is 5.91 Å². The van der Waals surface area contributed by atoms with Gasteiger partial charge in [0.1, 0.15) is 12.4 Å². The van der Waals surface area contributed by atoms with Crippen LogP contribution in [-0.2, 0) is 4.79 Å². The standard InChI is InChI=1S/C26H28FN3O3/c1-17(2)4-3-5-18-6-8-19(9-7-18)25-22-14-29(15-24(32)30(22)23(25)16-31)26(33)28-21-12-10-20(27)11-13-21/h6-13,17,22-23,25,31H,4,14-16H2,1-2H3,(H,28,33)/t22-,23+,25+/m1/s1. The van der Waals surface area contributed by atoms with Crippen molar-refractivity contribution >= 4 is 17.6 Å². The van der Waals surface area contributed by atoms with Crippen LogP contribution in [0, 0.1) is 23.6 Å². The molecule has 2 aliphatic rings. The normalized spacial score (nSPS) is 21.7. The first kappa shape index (κ1) is 22.8. The number of fused-ring (bicyclic) bond motifs is 1. The summed E-state index contributed by atoms with van der Waals surface area (Å²) in [6.07, 6.45) is 0.839. The third-order valence-electron chi connectivity index (χ3n) is 6.17. The monoisotopic (exact) mass is 449 g/mol. The second kappa shape index (κ2) is 9.63. The molecule has 2 N–H and O–H groups in total. The Hall–Kier alpha value is -3.37. The summed E-state index contributed by atoms with van der Waals surface area (Å²) in [5.74, 6) is 6.22. The number of benzene rings is 2. The fraction of sp³-hybridized carbons (Fsp3) is 0.385. The molecule has 2 fully saturated rings. The van der Waals surface area contributed by atoms with Crippen LogP contribution in [0.25, 0.3) is 0 Å². The molecule has 0 saturated carbocycles. The van der Waals surface area contributed by atoms with E-state index in [-0.39, 0.29) is 42.9 Å². The number of piperazine rings is 1. The molecule has 2 aliphatic heterocycles. The topological polar surface area (TPSA) is 72.9 Å². The number of nitrogens with zero attached hydrogens (tertiary/aromatic N) is 2. The number of carbonyl (C=O) groups excluding carboxylic acids is 2. The van der Waals surface area contributed by atoms with Crippen molar-refractivity contribution in [2.24, 2.45) is 5.92 Å². The Balaban J connectivity index is 1.47. The number of aliphatic hydroxyl groups is 1. The number of carbonyl (C=O) groups is 2. The largest absolute Gasteiger partial charge is 0.394 e. The molecule has 0 unspecified atom stereocenters. The molecule has 2 saturated heterocycles. The van der Waals surface area contributed by atoms with E-state index in [0.717, 1.165) is 17.5 Å². The molecule has 0 bridgehead atoms. The van der Waals surface area contributed by atoms with E-state index < -0.39 is 6.03 Å². The minimum absolute atomic E-state index is 0.0584. The van der Waals surface area contributed by atoms with E-state index in [4.69, 9.17) is 0 Å². The lowest BCUT2D eigenvalue weighted by molar-refractivity contribution is -0.159. The van der Waals surface area contributed by atoms with Crippen molar-refractivity contribution in [3.63, 3.8) is 0 Å². The van der Waals surface area contributed by atoms with E-state index in [2.05, 4.69) is 31.0 Å². The lowest BCUT2D eigenvalue weighted by Crippen LogP contribution is -2.73. The van der Waals surface area contributed by atoms with E-state index in [1.54, 1.807) is 4.90 Å². The van der Waals surface area contributed by atoms with Crippen LogP contribution >= 0.6 is 0 Å². The first-order valence-electron chi connectivity index (χ1n) is 11.2. The molecule has 2 aromatic carbocycles. The fourth-order valence-electron chi connectivity index (χ4n) is 4.54. The second-order valence-corrected chi connectivity index (χ2v) is 8.98. The van der Waals surface area contributed by atoms with Crippen LogP contribution in [0.4, 0.5) is 14.9 Å². The van der Waals surface area contributed by atoms with Gasteiger partial charge in [-0.3, -0.25) is 4.79 Å². The minimum Gasteiger partial charge on any atom is -0.394 e. The van der Waals surface area contributed by atoms with Crippen molar-refractivity contribution in [1.29, 1.82) is 0 Å². The first-order chi connectivity index (χ1) is 15.9. The van der Waals surface area contributed by atoms with Gasteiger partial charge in [0.15, 0.2) is 0 Å². The van der Waals surface area contributed by atoms with E-state index in [1.165, 1.54) is 29.2 Å². The summed E-state index contributed by atoms with van der Waals surface area (Å²) in [6.45, 7) is 4.42. The molecule has 6 nitrogen and oxygen atoms in total. The van der Waals surface area contributed by atoms with Gasteiger partial charge in [-0.25, -0.2) is 9.18 Å². The number of hydrogen-bond acceptors (Lipinski definition) is 3. The summed E-state index contributed by atoms with van der Waals surface area (Å²) in [7, 11) is 0. The smallest absolute Gasteiger partial charge is 0.322 e. The summed E-state index contributed by atoms with van der Waals surface area (Å²) >= 11 is 0. The molecule has 7 heteroatoms. The Morgan fingerprint density at radius 2 is 1.88 bits per heavy atom. The van der Waals surface area contributed by atoms with Crippen molar-refractivity contribution in [3.8, 4) is 11.8 Å². The molecule has 4 rings (SSSR count). The van der Waals surface area contributed by atoms with E-state index in [0.29, 0.717) is 18.2 Å². The molecule has 33 heavy (non-hydrogen) atoms. The van der Waals surface area contributed by atoms with Gasteiger partial charge in [-0.05, 0) is 47.9 Å². The number of amides is 3. The van der Waals surface area contributed by atoms with Gasteiger partial charge in [-0.1, -0.05) is 37.8 Å². The van der Waals surface area contributed by atoms with Crippen molar-refractivity contribution in [2.45, 2.75) is 38.3 Å². The lowest BCUT2D eigenvalue weighted by atomic mass is 9.73. The molecule has 0 aromatic heterocycles. The molecular weight excluding hydrogens is 421 g/mol. The van der Waals surface area contributed by atoms with Crippen LogP contribution in [0.2, 0.25) is 0 Å². The summed E-state index contributed by atoms with van der Waals surface area (Å²) in [6, 6.07) is 12.5. The number of halogens is 1. The zero-order chi connectivity index (χ0) is 23.5. The Morgan fingerprint density at radius 3 is 2.52 bits per heavy atom. The van der Waals surface area contributed by atoms with Crippen LogP contribution in [0.5, 0.6) is 0 Å². The van der Waals surface area contributed by atoms with Crippen LogP contribution in [0.1, 0.15) is 37.3 Å². The number of hydrogen-bond donors (Lipinski definition) is 2. The highest BCUT2D eigenvalue weighted by molar-refractivity contribution is 5.93. The molecule has 3 amide bonds. The summed E-state index contributed by atoms with van der Waals surface area (Å²) in [4.78, 5) is 28.7. The first-order valence-corrected chi connectivity index (χ1v) is 11.2. The predicted molar refractivity (Wildman–Crippen MR) is 124 cm³/mol. The Morgan fingerprint density at radius 1 is 1.18 bits per heavy atom. The maximum absolute atomic E-state index is 13.1. The third-order valence-corrected chi connectivity index (χ3v) is 6.17. The van der Waals surface area contributed by atoms with Gasteiger partial charge >= 0.3 is 6.03 Å². The highest BCUT2D eigenvalue weighted by atomic mass is 19.1. The molecule has 2 heterocycles. The van der Waals surface area contributed by atoms with E-state index >= 15 is 0 Å². The maximum atomic E-state index is 13.1. The van der Waals surface area contributed by atoms with Crippen LogP contribution in [0.3, 0.4) is 0 Å². The zero-order valence-electron chi connectivity index (χ0n) is 18.8. The van der Waals surface area contributed by atoms with Gasteiger partial charge < -0.3 is 20.2 Å². The van der Waals surface area contributed by atoms with Crippen molar-refractivity contribution in [2.75, 3.05) is 25.0 Å². The number of aliphatic hydroxyl groups excluding tert-OH is 1. The van der Waals surface area contributed by atoms with Crippen LogP contribution in [-0.4, -0.2) is 58.6 Å². The highest BCUT2D eigenvalue weighted by Crippen LogP contribution is 2.43. The zero-order valence-corrected chi connectivity index (χ0v) is 18.8. The lowest BCUT2D eigenvalue weighted by Gasteiger charge is -2.58. The molecular formula is C26H28FN3O3. The summed E-state index contributed by atoms with van der Waals surface area (Å²) < 4.78 is 13.1. The number of rotatable bonds is 4. The van der Waals surface area contributed by atoms with E-state index in [1.807, 2.05) is 24.3 Å². The highest BCUT2D eigenvalue weighted by Gasteiger charge is 2.54. The molecule has 172 valence electrons. The number of nitrogens with one attached hydrogen (secondary N) is 1. The quantitative estimate of drug-likeness (QED) is 0.703. The number of anilines is 1. The maximum Gasteiger partial charge on any atom is 0.322 e. The molecule has 0 aliphatic carbocycles. The second-order valence-electron chi connectivity index (χ2n) is 8.98. The number of urea groups is 1. The average Bonchev–Trinajstić information content (AvgIpc) is 2.77. The van der Waals surface area contributed by atoms with Gasteiger partial charge in [-0.2, -0.15) is 0 Å². The average molecular weight is 450 g/mol. The molecule has 3 atom stereocenters. The predicted octanol–water partition coefficient (Wildman–Crippen LogP) is 3.43. The van der Waals surface area contributed by atoms with Crippen LogP contribution < -0.4 is 5.32 Å². The van der Waals surface area contributed by atoms with Gasteiger partial charge in [0.25, 0.3) is 0 Å². The SMILES string of the molecule is CC(C)CC#Cc1ccc([C@H]2[C@H]3CN(C(=O)Nc4ccc(F)cc4)CC(=O)N3[C@H]2CO)cc1. The fourth-order valence-corrected chi connectivity index (χ4v) is 4.54. The van der Waals surface area contributed by atoms with Gasteiger partial charge in [0, 0.05) is 30.1 Å². The third kappa shape index (κ3) is 4.86.